The van der Waals surface area contributed by atoms with Crippen LogP contribution < -0.4 is 0 Å². The van der Waals surface area contributed by atoms with Crippen molar-refractivity contribution in [3.63, 3.8) is 0 Å². The summed E-state index contributed by atoms with van der Waals surface area (Å²) >= 11 is 5.94. The Kier molecular flexibility index (Phi) is 3.58. The molecule has 1 aromatic heterocycles. The lowest BCUT2D eigenvalue weighted by atomic mass is 10.1. The van der Waals surface area contributed by atoms with E-state index in [0.29, 0.717) is 0 Å². The topological polar surface area (TPSA) is 47.8 Å². The molecule has 0 aliphatic carbocycles. The summed E-state index contributed by atoms with van der Waals surface area (Å²) in [7, 11) is 1.53. The summed E-state index contributed by atoms with van der Waals surface area (Å²) in [4.78, 5) is 12.2. The summed E-state index contributed by atoms with van der Waals surface area (Å²) in [5.41, 5.74) is 0.154. The molecule has 0 bridgehead atoms. The number of hydrogen-bond donors (Lipinski definition) is 0. The monoisotopic (exact) mass is 379 g/mol. The molecule has 0 N–H and O–H groups in total. The van der Waals surface area contributed by atoms with Gasteiger partial charge in [0, 0.05) is 12.6 Å². The second-order valence-corrected chi connectivity index (χ2v) is 4.95. The molecule has 0 unspecified atom stereocenters. The van der Waals surface area contributed by atoms with Crippen molar-refractivity contribution in [1.29, 1.82) is 0 Å². The zero-order valence-corrected chi connectivity index (χ0v) is 12.1. The van der Waals surface area contributed by atoms with Crippen molar-refractivity contribution in [1.82, 2.24) is 15.0 Å². The number of ketones is 1. The van der Waals surface area contributed by atoms with Gasteiger partial charge in [0.1, 0.15) is 5.69 Å². The molecule has 0 saturated heterocycles. The maximum Gasteiger partial charge on any atom is 0.215 e. The molecule has 94 valence electrons. The summed E-state index contributed by atoms with van der Waals surface area (Å²) in [6.07, 6.45) is 0. The number of benzene rings is 1. The number of carbonyl (C=O) groups excluding carboxylic acids is 1. The highest BCUT2D eigenvalue weighted by Crippen LogP contribution is 2.26. The van der Waals surface area contributed by atoms with E-state index in [-0.39, 0.29) is 20.3 Å². The number of halogens is 4. The molecule has 18 heavy (non-hydrogen) atoms. The maximum atomic E-state index is 13.4. The molecule has 0 fully saturated rings. The van der Waals surface area contributed by atoms with Crippen LogP contribution in [0.15, 0.2) is 21.2 Å². The highest BCUT2D eigenvalue weighted by molar-refractivity contribution is 9.10. The predicted octanol–water partition coefficient (Wildman–Crippen LogP) is 2.85. The molecule has 0 amide bonds. The predicted molar refractivity (Wildman–Crippen MR) is 66.2 cm³/mol. The highest BCUT2D eigenvalue weighted by Gasteiger charge is 2.23. The summed E-state index contributed by atoms with van der Waals surface area (Å²) < 4.78 is 27.6. The smallest absolute Gasteiger partial charge is 0.215 e. The molecule has 0 aliphatic rings. The molecular formula is C10H5Br2F2N3O. The molecule has 0 aliphatic heterocycles. The lowest BCUT2D eigenvalue weighted by Crippen LogP contribution is -2.10. The van der Waals surface area contributed by atoms with Crippen LogP contribution in [0, 0.1) is 11.6 Å². The Morgan fingerprint density at radius 3 is 2.56 bits per heavy atom. The molecule has 1 heterocycles. The third-order valence-corrected chi connectivity index (χ3v) is 3.59. The molecule has 0 saturated carbocycles. The van der Waals surface area contributed by atoms with E-state index >= 15 is 0 Å². The quantitative estimate of drug-likeness (QED) is 0.594. The lowest BCUT2D eigenvalue weighted by molar-refractivity contribution is 0.102. The third kappa shape index (κ3) is 2.10. The van der Waals surface area contributed by atoms with Crippen molar-refractivity contribution in [3.05, 3.63) is 44.1 Å². The Morgan fingerprint density at radius 1 is 1.33 bits per heavy atom. The van der Waals surface area contributed by atoms with E-state index < -0.39 is 17.4 Å². The van der Waals surface area contributed by atoms with Crippen LogP contribution in [0.2, 0.25) is 0 Å². The van der Waals surface area contributed by atoms with Gasteiger partial charge in [0.2, 0.25) is 5.78 Å². The normalized spacial score (nSPS) is 10.7. The van der Waals surface area contributed by atoms with Crippen molar-refractivity contribution in [2.45, 2.75) is 0 Å². The fraction of sp³-hybridized carbons (Fsp3) is 0.100. The first-order chi connectivity index (χ1) is 8.43. The molecule has 2 aromatic rings. The molecule has 2 rings (SSSR count). The van der Waals surface area contributed by atoms with Gasteiger partial charge >= 0.3 is 0 Å². The average molecular weight is 381 g/mol. The van der Waals surface area contributed by atoms with Crippen molar-refractivity contribution in [2.75, 3.05) is 0 Å². The van der Waals surface area contributed by atoms with Crippen molar-refractivity contribution in [2.24, 2.45) is 7.05 Å². The van der Waals surface area contributed by atoms with Gasteiger partial charge in [0.25, 0.3) is 0 Å². The summed E-state index contributed by atoms with van der Waals surface area (Å²) in [6.45, 7) is 0. The molecule has 1 aromatic carbocycles. The van der Waals surface area contributed by atoms with Crippen LogP contribution >= 0.6 is 31.9 Å². The van der Waals surface area contributed by atoms with Gasteiger partial charge in [-0.25, -0.2) is 13.5 Å². The molecule has 0 atom stereocenters. The van der Waals surface area contributed by atoms with Crippen LogP contribution in [0.3, 0.4) is 0 Å². The maximum absolute atomic E-state index is 13.4. The third-order valence-electron chi connectivity index (χ3n) is 2.28. The minimum atomic E-state index is -1.10. The van der Waals surface area contributed by atoms with Crippen LogP contribution in [-0.4, -0.2) is 20.8 Å². The van der Waals surface area contributed by atoms with E-state index in [2.05, 4.69) is 42.2 Å². The zero-order chi connectivity index (χ0) is 13.4. The molecule has 4 nitrogen and oxygen atoms in total. The van der Waals surface area contributed by atoms with Crippen LogP contribution in [0.1, 0.15) is 16.1 Å². The van der Waals surface area contributed by atoms with E-state index in [1.165, 1.54) is 17.8 Å². The minimum absolute atomic E-state index is 0.000000000000000222. The van der Waals surface area contributed by atoms with Crippen LogP contribution in [0.4, 0.5) is 8.78 Å². The van der Waals surface area contributed by atoms with Gasteiger partial charge in [0.15, 0.2) is 16.2 Å². The molecular weight excluding hydrogens is 376 g/mol. The van der Waals surface area contributed by atoms with Gasteiger partial charge < -0.3 is 0 Å². The largest absolute Gasteiger partial charge is 0.287 e. The van der Waals surface area contributed by atoms with Crippen LogP contribution in [-0.2, 0) is 7.05 Å². The summed E-state index contributed by atoms with van der Waals surface area (Å²) in [5.74, 6) is -2.65. The fourth-order valence-corrected chi connectivity index (χ4v) is 2.41. The minimum Gasteiger partial charge on any atom is -0.287 e. The van der Waals surface area contributed by atoms with E-state index in [4.69, 9.17) is 0 Å². The average Bonchev–Trinajstić information content (AvgIpc) is 2.65. The SMILES string of the molecule is Cn1nnc(Br)c1C(=O)c1ccc(F)c(F)c1Br. The Labute approximate surface area is 117 Å². The Morgan fingerprint density at radius 2 is 2.00 bits per heavy atom. The van der Waals surface area contributed by atoms with E-state index in [1.54, 1.807) is 0 Å². The second kappa shape index (κ2) is 4.85. The standard InChI is InChI=1S/C10H5Br2F2N3O/c1-17-8(10(12)15-16-17)9(18)4-2-3-5(13)7(14)6(4)11/h2-3H,1H3. The van der Waals surface area contributed by atoms with E-state index in [1.807, 2.05) is 0 Å². The number of carbonyl (C=O) groups is 1. The fourth-order valence-electron chi connectivity index (χ4n) is 1.40. The van der Waals surface area contributed by atoms with Crippen LogP contribution in [0.25, 0.3) is 0 Å². The summed E-state index contributed by atoms with van der Waals surface area (Å²) in [5, 5.41) is 7.31. The number of aromatic nitrogens is 3. The molecule has 0 spiro atoms. The Bertz CT molecular complexity index is 623. The first-order valence-electron chi connectivity index (χ1n) is 4.67. The number of hydrogen-bond acceptors (Lipinski definition) is 3. The van der Waals surface area contributed by atoms with E-state index in [9.17, 15) is 13.6 Å². The van der Waals surface area contributed by atoms with Gasteiger partial charge in [-0.1, -0.05) is 5.21 Å². The van der Waals surface area contributed by atoms with Gasteiger partial charge in [-0.2, -0.15) is 0 Å². The lowest BCUT2D eigenvalue weighted by Gasteiger charge is -2.05. The van der Waals surface area contributed by atoms with Crippen LogP contribution in [0.5, 0.6) is 0 Å². The van der Waals surface area contributed by atoms with Crippen molar-refractivity contribution >= 4 is 37.6 Å². The number of nitrogens with zero attached hydrogens (tertiary/aromatic N) is 3. The molecule has 0 radical (unpaired) electrons. The van der Waals surface area contributed by atoms with E-state index in [0.717, 1.165) is 6.07 Å². The summed E-state index contributed by atoms with van der Waals surface area (Å²) in [6, 6.07) is 2.09. The first-order valence-corrected chi connectivity index (χ1v) is 6.25. The number of rotatable bonds is 2. The van der Waals surface area contributed by atoms with Gasteiger partial charge in [-0.15, -0.1) is 5.10 Å². The first kappa shape index (κ1) is 13.3. The van der Waals surface area contributed by atoms with Gasteiger partial charge in [0.05, 0.1) is 4.47 Å². The highest BCUT2D eigenvalue weighted by atomic mass is 79.9. The molecule has 8 heteroatoms. The Hall–Kier alpha value is -1.15. The second-order valence-electron chi connectivity index (χ2n) is 3.40. The zero-order valence-electron chi connectivity index (χ0n) is 8.92. The van der Waals surface area contributed by atoms with Gasteiger partial charge in [-0.3, -0.25) is 4.79 Å². The number of aryl methyl sites for hydroxylation is 1. The van der Waals surface area contributed by atoms with Crippen molar-refractivity contribution in [3.8, 4) is 0 Å². The van der Waals surface area contributed by atoms with Crippen molar-refractivity contribution < 1.29 is 13.6 Å². The van der Waals surface area contributed by atoms with Gasteiger partial charge in [-0.05, 0) is 44.0 Å². The Balaban J connectivity index is 2.57.